The Morgan fingerprint density at radius 2 is 1.96 bits per heavy atom. The number of alkyl halides is 3. The average molecular weight is 374 g/mol. The van der Waals surface area contributed by atoms with Gasteiger partial charge in [-0.25, -0.2) is 9.97 Å². The second kappa shape index (κ2) is 7.00. The van der Waals surface area contributed by atoms with Gasteiger partial charge in [-0.2, -0.15) is 13.2 Å². The molecule has 8 heteroatoms. The van der Waals surface area contributed by atoms with E-state index in [-0.39, 0.29) is 18.2 Å². The predicted octanol–water partition coefficient (Wildman–Crippen LogP) is 2.46. The van der Waals surface area contributed by atoms with Crippen molar-refractivity contribution in [2.75, 3.05) is 13.6 Å². The monoisotopic (exact) mass is 374 g/mol. The number of nitrogens with zero attached hydrogens (tertiary/aromatic N) is 3. The van der Waals surface area contributed by atoms with Crippen molar-refractivity contribution < 1.29 is 18.0 Å². The van der Waals surface area contributed by atoms with Gasteiger partial charge in [0.25, 0.3) is 0 Å². The lowest BCUT2D eigenvalue weighted by molar-refractivity contribution is -0.137. The molecule has 1 saturated heterocycles. The Labute approximate surface area is 154 Å². The average Bonchev–Trinajstić information content (AvgIpc) is 2.89. The minimum absolute atomic E-state index is 0.142. The van der Waals surface area contributed by atoms with E-state index in [9.17, 15) is 18.0 Å². The van der Waals surface area contributed by atoms with Gasteiger partial charge in [-0.3, -0.25) is 4.79 Å². The highest BCUT2D eigenvalue weighted by molar-refractivity contribution is 5.88. The molecule has 0 saturated carbocycles. The largest absolute Gasteiger partial charge is 0.416 e. The van der Waals surface area contributed by atoms with Crippen molar-refractivity contribution in [3.05, 3.63) is 47.9 Å². The van der Waals surface area contributed by atoms with Crippen LogP contribution in [0.15, 0.2) is 36.5 Å². The molecule has 140 valence electrons. The summed E-state index contributed by atoms with van der Waals surface area (Å²) in [5.41, 5.74) is 5.37. The van der Waals surface area contributed by atoms with Crippen molar-refractivity contribution in [3.8, 4) is 23.1 Å². The molecule has 0 radical (unpaired) electrons. The Hall–Kier alpha value is -2.92. The number of hydrogen-bond donors (Lipinski definition) is 1. The maximum atomic E-state index is 12.7. The van der Waals surface area contributed by atoms with E-state index in [1.54, 1.807) is 18.0 Å². The molecule has 1 aliphatic rings. The van der Waals surface area contributed by atoms with Gasteiger partial charge in [0.1, 0.15) is 5.54 Å². The second-order valence-electron chi connectivity index (χ2n) is 6.45. The molecule has 0 unspecified atom stereocenters. The summed E-state index contributed by atoms with van der Waals surface area (Å²) in [5.74, 6) is 5.70. The fourth-order valence-electron chi connectivity index (χ4n) is 2.81. The van der Waals surface area contributed by atoms with Crippen LogP contribution in [0.2, 0.25) is 0 Å². The van der Waals surface area contributed by atoms with Crippen LogP contribution < -0.4 is 5.73 Å². The first-order valence-corrected chi connectivity index (χ1v) is 8.23. The summed E-state index contributed by atoms with van der Waals surface area (Å²) >= 11 is 0. The molecule has 1 aromatic heterocycles. The second-order valence-corrected chi connectivity index (χ2v) is 6.45. The molecule has 1 aromatic carbocycles. The molecule has 27 heavy (non-hydrogen) atoms. The van der Waals surface area contributed by atoms with Crippen molar-refractivity contribution in [1.82, 2.24) is 14.9 Å². The van der Waals surface area contributed by atoms with Crippen LogP contribution in [-0.2, 0) is 11.0 Å². The Kier molecular flexibility index (Phi) is 4.89. The zero-order valence-electron chi connectivity index (χ0n) is 14.5. The summed E-state index contributed by atoms with van der Waals surface area (Å²) in [6, 6.07) is 6.30. The van der Waals surface area contributed by atoms with Gasteiger partial charge < -0.3 is 10.6 Å². The van der Waals surface area contributed by atoms with Crippen molar-refractivity contribution in [1.29, 1.82) is 0 Å². The number of likely N-dealkylation sites (N-methyl/N-ethyl adjacent to an activating group) is 1. The fraction of sp³-hybridized carbons (Fsp3) is 0.316. The van der Waals surface area contributed by atoms with Crippen LogP contribution in [0.3, 0.4) is 0 Å². The third-order valence-electron chi connectivity index (χ3n) is 4.43. The standard InChI is InChI=1S/C19H17F3N4O/c1-26-12-10-18(23,17(26)27)9-2-3-16-24-11-8-15(25-16)13-4-6-14(7-5-13)19(20,21)22/h4-8,11H,9-10,12,23H2,1H3/t18-/m0/s1. The topological polar surface area (TPSA) is 72.1 Å². The lowest BCUT2D eigenvalue weighted by Crippen LogP contribution is -2.46. The van der Waals surface area contributed by atoms with Crippen molar-refractivity contribution >= 4 is 5.91 Å². The number of nitrogens with two attached hydrogens (primary N) is 1. The maximum absolute atomic E-state index is 12.7. The zero-order valence-corrected chi connectivity index (χ0v) is 14.5. The minimum atomic E-state index is -4.38. The lowest BCUT2D eigenvalue weighted by atomic mass is 9.95. The van der Waals surface area contributed by atoms with E-state index in [1.165, 1.54) is 18.3 Å². The number of likely N-dealkylation sites (tertiary alicyclic amines) is 1. The van der Waals surface area contributed by atoms with Gasteiger partial charge in [0.2, 0.25) is 11.7 Å². The highest BCUT2D eigenvalue weighted by Gasteiger charge is 2.41. The van der Waals surface area contributed by atoms with Gasteiger partial charge in [-0.15, -0.1) is 0 Å². The molecule has 1 aliphatic heterocycles. The lowest BCUT2D eigenvalue weighted by Gasteiger charge is -2.18. The van der Waals surface area contributed by atoms with Gasteiger partial charge in [0.15, 0.2) is 0 Å². The van der Waals surface area contributed by atoms with Crippen molar-refractivity contribution in [2.24, 2.45) is 5.73 Å². The molecule has 0 aliphatic carbocycles. The summed E-state index contributed by atoms with van der Waals surface area (Å²) < 4.78 is 38.0. The summed E-state index contributed by atoms with van der Waals surface area (Å²) in [7, 11) is 1.70. The van der Waals surface area contributed by atoms with E-state index >= 15 is 0 Å². The van der Waals surface area contributed by atoms with Crippen LogP contribution >= 0.6 is 0 Å². The molecule has 1 atom stereocenters. The zero-order chi connectivity index (χ0) is 19.7. The summed E-state index contributed by atoms with van der Waals surface area (Å²) in [6.07, 6.45) is -2.19. The maximum Gasteiger partial charge on any atom is 0.416 e. The van der Waals surface area contributed by atoms with Crippen LogP contribution in [0.5, 0.6) is 0 Å². The molecule has 0 spiro atoms. The molecule has 5 nitrogen and oxygen atoms in total. The summed E-state index contributed by atoms with van der Waals surface area (Å²) in [4.78, 5) is 21.9. The third kappa shape index (κ3) is 4.09. The van der Waals surface area contributed by atoms with E-state index < -0.39 is 17.3 Å². The van der Waals surface area contributed by atoms with E-state index in [1.807, 2.05) is 0 Å². The first-order valence-electron chi connectivity index (χ1n) is 8.23. The molecular formula is C19H17F3N4O. The molecule has 3 rings (SSSR count). The summed E-state index contributed by atoms with van der Waals surface area (Å²) in [5, 5.41) is 0. The van der Waals surface area contributed by atoms with Gasteiger partial charge >= 0.3 is 6.18 Å². The SMILES string of the molecule is CN1CC[C@@](N)(CC#Cc2nccc(-c3ccc(C(F)(F)F)cc3)n2)C1=O. The molecule has 1 amide bonds. The smallest absolute Gasteiger partial charge is 0.344 e. The molecule has 0 bridgehead atoms. The highest BCUT2D eigenvalue weighted by Crippen LogP contribution is 2.30. The number of hydrogen-bond acceptors (Lipinski definition) is 4. The van der Waals surface area contributed by atoms with Gasteiger partial charge in [0, 0.05) is 31.8 Å². The Balaban J connectivity index is 1.76. The highest BCUT2D eigenvalue weighted by atomic mass is 19.4. The number of halogens is 3. The Morgan fingerprint density at radius 3 is 2.56 bits per heavy atom. The van der Waals surface area contributed by atoms with Gasteiger partial charge in [-0.05, 0) is 30.5 Å². The number of carbonyl (C=O) groups excluding carboxylic acids is 1. The van der Waals surface area contributed by atoms with Gasteiger partial charge in [-0.1, -0.05) is 18.1 Å². The van der Waals surface area contributed by atoms with Gasteiger partial charge in [0.05, 0.1) is 11.3 Å². The normalized spacial score (nSPS) is 19.7. The molecule has 2 N–H and O–H groups in total. The third-order valence-corrected chi connectivity index (χ3v) is 4.43. The molecule has 2 heterocycles. The number of rotatable bonds is 2. The van der Waals surface area contributed by atoms with Crippen LogP contribution in [0.25, 0.3) is 11.3 Å². The predicted molar refractivity (Wildman–Crippen MR) is 93.1 cm³/mol. The van der Waals surface area contributed by atoms with E-state index in [4.69, 9.17) is 5.73 Å². The van der Waals surface area contributed by atoms with Crippen LogP contribution in [0, 0.1) is 11.8 Å². The molecular weight excluding hydrogens is 357 g/mol. The Bertz CT molecular complexity index is 915. The van der Waals surface area contributed by atoms with E-state index in [2.05, 4.69) is 21.8 Å². The first kappa shape index (κ1) is 18.9. The first-order chi connectivity index (χ1) is 12.7. The number of aromatic nitrogens is 2. The van der Waals surface area contributed by atoms with Crippen molar-refractivity contribution in [2.45, 2.75) is 24.6 Å². The molecule has 2 aromatic rings. The Morgan fingerprint density at radius 1 is 1.26 bits per heavy atom. The van der Waals surface area contributed by atoms with E-state index in [0.29, 0.717) is 24.2 Å². The van der Waals surface area contributed by atoms with Crippen LogP contribution in [0.1, 0.15) is 24.2 Å². The fourth-order valence-corrected chi connectivity index (χ4v) is 2.81. The summed E-state index contributed by atoms with van der Waals surface area (Å²) in [6.45, 7) is 0.594. The van der Waals surface area contributed by atoms with Crippen molar-refractivity contribution in [3.63, 3.8) is 0 Å². The van der Waals surface area contributed by atoms with E-state index in [0.717, 1.165) is 12.1 Å². The molecule has 1 fully saturated rings. The van der Waals surface area contributed by atoms with Crippen LogP contribution in [0.4, 0.5) is 13.2 Å². The number of amides is 1. The minimum Gasteiger partial charge on any atom is -0.344 e. The number of benzene rings is 1. The van der Waals surface area contributed by atoms with Crippen LogP contribution in [-0.4, -0.2) is 39.9 Å². The number of carbonyl (C=O) groups is 1. The quantitative estimate of drug-likeness (QED) is 0.820.